The summed E-state index contributed by atoms with van der Waals surface area (Å²) >= 11 is 12.1. The molecular weight excluding hydrogens is 251 g/mol. The molecule has 0 saturated heterocycles. The molecule has 1 aromatic rings. The van der Waals surface area contributed by atoms with Crippen LogP contribution in [0.5, 0.6) is 0 Å². The van der Waals surface area contributed by atoms with E-state index in [9.17, 15) is 0 Å². The van der Waals surface area contributed by atoms with Gasteiger partial charge in [0.2, 0.25) is 0 Å². The summed E-state index contributed by atoms with van der Waals surface area (Å²) in [5.74, 6) is 1.32. The van der Waals surface area contributed by atoms with Crippen molar-refractivity contribution in [3.8, 4) is 0 Å². The number of allylic oxidation sites excluding steroid dienone is 1. The van der Waals surface area contributed by atoms with E-state index in [1.165, 1.54) is 43.2 Å². The molecule has 0 aliphatic heterocycles. The molecule has 2 rings (SSSR count). The van der Waals surface area contributed by atoms with Crippen molar-refractivity contribution in [3.05, 3.63) is 40.4 Å². The van der Waals surface area contributed by atoms with Crippen LogP contribution >= 0.6 is 23.2 Å². The number of halogens is 2. The Morgan fingerprint density at radius 1 is 1.24 bits per heavy atom. The molecule has 0 unspecified atom stereocenters. The molecule has 0 heterocycles. The molecule has 2 heteroatoms. The predicted octanol–water partition coefficient (Wildman–Crippen LogP) is 5.54. The molecule has 1 aromatic carbocycles. The number of hydrogen-bond acceptors (Lipinski definition) is 0. The zero-order chi connectivity index (χ0) is 12.1. The smallest absolute Gasteiger partial charge is 0.0439 e. The van der Waals surface area contributed by atoms with Gasteiger partial charge in [0.15, 0.2) is 0 Å². The van der Waals surface area contributed by atoms with Crippen molar-refractivity contribution in [1.82, 2.24) is 0 Å². The number of rotatable bonds is 3. The molecule has 1 aliphatic rings. The van der Waals surface area contributed by atoms with Crippen LogP contribution in [0.15, 0.2) is 29.8 Å². The lowest BCUT2D eigenvalue weighted by Crippen LogP contribution is -2.10. The van der Waals surface area contributed by atoms with E-state index >= 15 is 0 Å². The monoisotopic (exact) mass is 268 g/mol. The third-order valence-corrected chi connectivity index (χ3v) is 4.03. The van der Waals surface area contributed by atoms with Gasteiger partial charge < -0.3 is 0 Å². The first-order valence-electron chi connectivity index (χ1n) is 6.31. The first-order chi connectivity index (χ1) is 8.29. The van der Waals surface area contributed by atoms with Gasteiger partial charge in [0.25, 0.3) is 0 Å². The van der Waals surface area contributed by atoms with Crippen molar-refractivity contribution in [2.75, 3.05) is 5.88 Å². The minimum atomic E-state index is 0.636. The third-order valence-electron chi connectivity index (χ3n) is 3.48. The second-order valence-corrected chi connectivity index (χ2v) is 5.45. The average molecular weight is 269 g/mol. The van der Waals surface area contributed by atoms with Crippen LogP contribution in [-0.4, -0.2) is 5.88 Å². The third kappa shape index (κ3) is 3.76. The van der Waals surface area contributed by atoms with Gasteiger partial charge in [-0.1, -0.05) is 54.6 Å². The zero-order valence-corrected chi connectivity index (χ0v) is 11.5. The van der Waals surface area contributed by atoms with E-state index in [0.29, 0.717) is 11.8 Å². The summed E-state index contributed by atoms with van der Waals surface area (Å²) in [5.41, 5.74) is 2.53. The lowest BCUT2D eigenvalue weighted by atomic mass is 9.84. The lowest BCUT2D eigenvalue weighted by molar-refractivity contribution is 0.405. The fraction of sp³-hybridized carbons (Fsp3) is 0.467. The second kappa shape index (κ2) is 6.47. The Hall–Kier alpha value is -0.460. The summed E-state index contributed by atoms with van der Waals surface area (Å²) in [6.07, 6.45) is 8.86. The van der Waals surface area contributed by atoms with Crippen molar-refractivity contribution >= 4 is 29.3 Å². The molecule has 0 aromatic heterocycles. The molecule has 0 bridgehead atoms. The number of hydrogen-bond donors (Lipinski definition) is 0. The van der Waals surface area contributed by atoms with Crippen LogP contribution in [0.4, 0.5) is 0 Å². The Morgan fingerprint density at radius 2 is 2.00 bits per heavy atom. The van der Waals surface area contributed by atoms with E-state index in [4.69, 9.17) is 23.2 Å². The fourth-order valence-corrected chi connectivity index (χ4v) is 3.04. The summed E-state index contributed by atoms with van der Waals surface area (Å²) in [6.45, 7) is 0. The second-order valence-electron chi connectivity index (χ2n) is 4.74. The molecule has 1 fully saturated rings. The van der Waals surface area contributed by atoms with Gasteiger partial charge in [0.05, 0.1) is 0 Å². The maximum atomic E-state index is 6.09. The maximum Gasteiger partial charge on any atom is 0.0439 e. The predicted molar refractivity (Wildman–Crippen MR) is 76.7 cm³/mol. The normalized spacial score (nSPS) is 18.4. The van der Waals surface area contributed by atoms with Gasteiger partial charge in [-0.15, -0.1) is 11.6 Å². The molecular formula is C15H18Cl2. The van der Waals surface area contributed by atoms with Crippen LogP contribution in [0.1, 0.15) is 37.7 Å². The van der Waals surface area contributed by atoms with E-state index in [2.05, 4.69) is 12.1 Å². The first kappa shape index (κ1) is 13.0. The van der Waals surface area contributed by atoms with Gasteiger partial charge in [0.1, 0.15) is 0 Å². The van der Waals surface area contributed by atoms with Gasteiger partial charge in [-0.3, -0.25) is 0 Å². The minimum Gasteiger partial charge on any atom is -0.122 e. The van der Waals surface area contributed by atoms with Crippen molar-refractivity contribution in [2.45, 2.75) is 32.1 Å². The molecule has 92 valence electrons. The molecule has 0 N–H and O–H groups in total. The first-order valence-corrected chi connectivity index (χ1v) is 7.23. The molecule has 1 saturated carbocycles. The van der Waals surface area contributed by atoms with Crippen molar-refractivity contribution in [2.24, 2.45) is 5.92 Å². The molecule has 0 atom stereocenters. The quantitative estimate of drug-likeness (QED) is 0.632. The lowest BCUT2D eigenvalue weighted by Gasteiger charge is -2.23. The van der Waals surface area contributed by atoms with Gasteiger partial charge in [-0.05, 0) is 36.5 Å². The highest BCUT2D eigenvalue weighted by Crippen LogP contribution is 2.31. The summed E-state index contributed by atoms with van der Waals surface area (Å²) in [7, 11) is 0. The van der Waals surface area contributed by atoms with Crippen molar-refractivity contribution in [1.29, 1.82) is 0 Å². The Morgan fingerprint density at radius 3 is 2.65 bits per heavy atom. The molecule has 1 aliphatic carbocycles. The Labute approximate surface area is 114 Å². The Bertz CT molecular complexity index is 390. The minimum absolute atomic E-state index is 0.636. The van der Waals surface area contributed by atoms with E-state index in [1.54, 1.807) is 0 Å². The standard InChI is InChI=1S/C15H18Cl2/c16-11-14(13-6-2-1-3-7-13)9-12-5-4-8-15(17)10-12/h4-5,8-10,13H,1-3,6-7,11H2. The Balaban J connectivity index is 2.16. The van der Waals surface area contributed by atoms with Crippen LogP contribution < -0.4 is 0 Å². The Kier molecular flexibility index (Phi) is 4.94. The molecule has 0 radical (unpaired) electrons. The van der Waals surface area contributed by atoms with Crippen molar-refractivity contribution < 1.29 is 0 Å². The summed E-state index contributed by atoms with van der Waals surface area (Å²) in [5, 5.41) is 0.788. The highest BCUT2D eigenvalue weighted by molar-refractivity contribution is 6.30. The molecule has 0 nitrogen and oxygen atoms in total. The highest BCUT2D eigenvalue weighted by atomic mass is 35.5. The largest absolute Gasteiger partial charge is 0.122 e. The molecule has 0 amide bonds. The summed E-state index contributed by atoms with van der Waals surface area (Å²) in [6, 6.07) is 7.97. The summed E-state index contributed by atoms with van der Waals surface area (Å²) < 4.78 is 0. The van der Waals surface area contributed by atoms with Crippen LogP contribution in [0.2, 0.25) is 5.02 Å². The van der Waals surface area contributed by atoms with Crippen LogP contribution in [0, 0.1) is 5.92 Å². The van der Waals surface area contributed by atoms with Gasteiger partial charge in [0, 0.05) is 10.9 Å². The molecule has 17 heavy (non-hydrogen) atoms. The van der Waals surface area contributed by atoms with E-state index in [0.717, 1.165) is 5.02 Å². The van der Waals surface area contributed by atoms with Crippen LogP contribution in [0.3, 0.4) is 0 Å². The maximum absolute atomic E-state index is 6.09. The molecule has 0 spiro atoms. The van der Waals surface area contributed by atoms with Gasteiger partial charge in [-0.25, -0.2) is 0 Å². The topological polar surface area (TPSA) is 0 Å². The zero-order valence-electron chi connectivity index (χ0n) is 9.96. The SMILES string of the molecule is ClCC(=Cc1cccc(Cl)c1)C1CCCCC1. The number of alkyl halides is 1. The van der Waals surface area contributed by atoms with E-state index < -0.39 is 0 Å². The summed E-state index contributed by atoms with van der Waals surface area (Å²) in [4.78, 5) is 0. The van der Waals surface area contributed by atoms with E-state index in [-0.39, 0.29) is 0 Å². The van der Waals surface area contributed by atoms with Gasteiger partial charge >= 0.3 is 0 Å². The van der Waals surface area contributed by atoms with Crippen LogP contribution in [-0.2, 0) is 0 Å². The highest BCUT2D eigenvalue weighted by Gasteiger charge is 2.16. The van der Waals surface area contributed by atoms with Crippen LogP contribution in [0.25, 0.3) is 6.08 Å². The van der Waals surface area contributed by atoms with Gasteiger partial charge in [-0.2, -0.15) is 0 Å². The van der Waals surface area contributed by atoms with Crippen molar-refractivity contribution in [3.63, 3.8) is 0 Å². The van der Waals surface area contributed by atoms with E-state index in [1.807, 2.05) is 18.2 Å². The average Bonchev–Trinajstić information content (AvgIpc) is 2.37. The fourth-order valence-electron chi connectivity index (χ4n) is 2.55. The number of benzene rings is 1.